The minimum atomic E-state index is -0.400. The molecule has 0 radical (unpaired) electrons. The number of rotatable bonds is 6. The molecule has 0 fully saturated rings. The van der Waals surface area contributed by atoms with Gasteiger partial charge in [-0.3, -0.25) is 9.88 Å². The highest BCUT2D eigenvalue weighted by Crippen LogP contribution is 2.03. The van der Waals surface area contributed by atoms with Crippen molar-refractivity contribution in [3.8, 4) is 0 Å². The lowest BCUT2D eigenvalue weighted by Gasteiger charge is -2.24. The summed E-state index contributed by atoms with van der Waals surface area (Å²) in [5.41, 5.74) is 0.948. The van der Waals surface area contributed by atoms with Crippen molar-refractivity contribution in [2.75, 3.05) is 13.1 Å². The molecule has 2 atom stereocenters. The summed E-state index contributed by atoms with van der Waals surface area (Å²) in [6.07, 6.45) is 0.947. The maximum absolute atomic E-state index is 9.37. The average molecular weight is 224 g/mol. The fraction of sp³-hybridized carbons (Fsp3) is 0.583. The Morgan fingerprint density at radius 2 is 1.81 bits per heavy atom. The second-order valence-electron chi connectivity index (χ2n) is 4.21. The Hall–Kier alpha value is -0.970. The van der Waals surface area contributed by atoms with Gasteiger partial charge in [-0.1, -0.05) is 6.07 Å². The molecule has 0 aliphatic carbocycles. The van der Waals surface area contributed by atoms with Crippen LogP contribution in [-0.4, -0.2) is 45.4 Å². The number of aromatic nitrogens is 1. The standard InChI is InChI=1S/C12H20N2O2/c1-10(15)7-14(8-11(2)16)9-12-5-3-4-6-13-12/h3-6,10-11,15-16H,7-9H2,1-2H3/t10-,11-/m0/s1. The Bertz CT molecular complexity index is 278. The molecule has 2 N–H and O–H groups in total. The molecular formula is C12H20N2O2. The van der Waals surface area contributed by atoms with Gasteiger partial charge in [0.05, 0.1) is 17.9 Å². The van der Waals surface area contributed by atoms with E-state index in [0.717, 1.165) is 5.69 Å². The largest absolute Gasteiger partial charge is 0.392 e. The minimum absolute atomic E-state index is 0.400. The van der Waals surface area contributed by atoms with Gasteiger partial charge in [-0.25, -0.2) is 0 Å². The molecule has 0 spiro atoms. The summed E-state index contributed by atoms with van der Waals surface area (Å²) < 4.78 is 0. The number of aliphatic hydroxyl groups excluding tert-OH is 2. The molecule has 1 aromatic heterocycles. The number of hydrogen-bond donors (Lipinski definition) is 2. The van der Waals surface area contributed by atoms with Crippen LogP contribution in [0.15, 0.2) is 24.4 Å². The number of hydrogen-bond acceptors (Lipinski definition) is 4. The van der Waals surface area contributed by atoms with E-state index >= 15 is 0 Å². The Kier molecular flexibility index (Phi) is 5.38. The monoisotopic (exact) mass is 224 g/mol. The van der Waals surface area contributed by atoms with Gasteiger partial charge in [-0.2, -0.15) is 0 Å². The highest BCUT2D eigenvalue weighted by atomic mass is 16.3. The second-order valence-corrected chi connectivity index (χ2v) is 4.21. The summed E-state index contributed by atoms with van der Waals surface area (Å²) in [5.74, 6) is 0. The molecule has 4 nitrogen and oxygen atoms in total. The van der Waals surface area contributed by atoms with Crippen molar-refractivity contribution >= 4 is 0 Å². The first-order valence-corrected chi connectivity index (χ1v) is 5.56. The molecule has 0 bridgehead atoms. The van der Waals surface area contributed by atoms with Crippen LogP contribution >= 0.6 is 0 Å². The van der Waals surface area contributed by atoms with Gasteiger partial charge < -0.3 is 10.2 Å². The van der Waals surface area contributed by atoms with E-state index in [1.807, 2.05) is 23.1 Å². The quantitative estimate of drug-likeness (QED) is 0.744. The number of pyridine rings is 1. The van der Waals surface area contributed by atoms with E-state index in [1.54, 1.807) is 20.0 Å². The summed E-state index contributed by atoms with van der Waals surface area (Å²) in [6, 6.07) is 5.75. The maximum atomic E-state index is 9.37. The SMILES string of the molecule is C[C@H](O)CN(Cc1ccccn1)C[C@H](C)O. The molecule has 0 saturated heterocycles. The van der Waals surface area contributed by atoms with Crippen molar-refractivity contribution < 1.29 is 10.2 Å². The van der Waals surface area contributed by atoms with Crippen LogP contribution in [0, 0.1) is 0 Å². The molecule has 0 unspecified atom stereocenters. The smallest absolute Gasteiger partial charge is 0.0639 e. The first-order valence-electron chi connectivity index (χ1n) is 5.56. The highest BCUT2D eigenvalue weighted by Gasteiger charge is 2.11. The molecule has 1 rings (SSSR count). The third-order valence-corrected chi connectivity index (χ3v) is 2.16. The maximum Gasteiger partial charge on any atom is 0.0639 e. The van der Waals surface area contributed by atoms with Crippen LogP contribution < -0.4 is 0 Å². The van der Waals surface area contributed by atoms with Crippen molar-refractivity contribution in [2.24, 2.45) is 0 Å². The van der Waals surface area contributed by atoms with Crippen LogP contribution in [0.5, 0.6) is 0 Å². The summed E-state index contributed by atoms with van der Waals surface area (Å²) in [7, 11) is 0. The molecular weight excluding hydrogens is 204 g/mol. The Balaban J connectivity index is 2.56. The van der Waals surface area contributed by atoms with Gasteiger partial charge in [0.1, 0.15) is 0 Å². The minimum Gasteiger partial charge on any atom is -0.392 e. The molecule has 16 heavy (non-hydrogen) atoms. The van der Waals surface area contributed by atoms with Crippen molar-refractivity contribution in [1.82, 2.24) is 9.88 Å². The Morgan fingerprint density at radius 3 is 2.25 bits per heavy atom. The number of nitrogens with zero attached hydrogens (tertiary/aromatic N) is 2. The molecule has 1 heterocycles. The zero-order chi connectivity index (χ0) is 12.0. The van der Waals surface area contributed by atoms with E-state index in [9.17, 15) is 10.2 Å². The average Bonchev–Trinajstić information content (AvgIpc) is 2.16. The number of aliphatic hydroxyl groups is 2. The van der Waals surface area contributed by atoms with Gasteiger partial charge in [0, 0.05) is 25.8 Å². The summed E-state index contributed by atoms with van der Waals surface area (Å²) in [5, 5.41) is 18.7. The second kappa shape index (κ2) is 6.58. The lowest BCUT2D eigenvalue weighted by atomic mass is 10.2. The Morgan fingerprint density at radius 1 is 1.19 bits per heavy atom. The van der Waals surface area contributed by atoms with Gasteiger partial charge in [0.2, 0.25) is 0 Å². The van der Waals surface area contributed by atoms with Crippen molar-refractivity contribution in [3.05, 3.63) is 30.1 Å². The fourth-order valence-electron chi connectivity index (χ4n) is 1.67. The topological polar surface area (TPSA) is 56.6 Å². The lowest BCUT2D eigenvalue weighted by molar-refractivity contribution is 0.0787. The van der Waals surface area contributed by atoms with Crippen LogP contribution in [0.1, 0.15) is 19.5 Å². The van der Waals surface area contributed by atoms with E-state index in [4.69, 9.17) is 0 Å². The fourth-order valence-corrected chi connectivity index (χ4v) is 1.67. The van der Waals surface area contributed by atoms with Gasteiger partial charge >= 0.3 is 0 Å². The Labute approximate surface area is 96.6 Å². The first-order chi connectivity index (χ1) is 7.58. The normalized spacial score (nSPS) is 15.1. The van der Waals surface area contributed by atoms with Crippen LogP contribution in [-0.2, 0) is 6.54 Å². The van der Waals surface area contributed by atoms with Gasteiger partial charge in [-0.15, -0.1) is 0 Å². The predicted molar refractivity (Wildman–Crippen MR) is 62.9 cm³/mol. The molecule has 0 aliphatic rings. The van der Waals surface area contributed by atoms with Gasteiger partial charge in [0.25, 0.3) is 0 Å². The zero-order valence-electron chi connectivity index (χ0n) is 9.87. The third kappa shape index (κ3) is 5.21. The third-order valence-electron chi connectivity index (χ3n) is 2.16. The zero-order valence-corrected chi connectivity index (χ0v) is 9.87. The summed E-state index contributed by atoms with van der Waals surface area (Å²) in [4.78, 5) is 6.23. The van der Waals surface area contributed by atoms with Crippen molar-refractivity contribution in [1.29, 1.82) is 0 Å². The van der Waals surface area contributed by atoms with Crippen LogP contribution in [0.25, 0.3) is 0 Å². The van der Waals surface area contributed by atoms with Gasteiger partial charge in [0.15, 0.2) is 0 Å². The van der Waals surface area contributed by atoms with Crippen molar-refractivity contribution in [2.45, 2.75) is 32.6 Å². The van der Waals surface area contributed by atoms with Crippen molar-refractivity contribution in [3.63, 3.8) is 0 Å². The van der Waals surface area contributed by atoms with E-state index in [-0.39, 0.29) is 0 Å². The van der Waals surface area contributed by atoms with Crippen LogP contribution in [0.3, 0.4) is 0 Å². The summed E-state index contributed by atoms with van der Waals surface area (Å²) in [6.45, 7) is 5.22. The molecule has 4 heteroatoms. The molecule has 0 amide bonds. The molecule has 0 aliphatic heterocycles. The highest BCUT2D eigenvalue weighted by molar-refractivity contribution is 5.03. The van der Waals surface area contributed by atoms with Gasteiger partial charge in [-0.05, 0) is 26.0 Å². The first kappa shape index (κ1) is 13.1. The van der Waals surface area contributed by atoms with E-state index in [0.29, 0.717) is 19.6 Å². The summed E-state index contributed by atoms with van der Waals surface area (Å²) >= 11 is 0. The molecule has 90 valence electrons. The molecule has 0 saturated carbocycles. The van der Waals surface area contributed by atoms with E-state index in [2.05, 4.69) is 4.98 Å². The molecule has 1 aromatic rings. The van der Waals surface area contributed by atoms with Crippen LogP contribution in [0.2, 0.25) is 0 Å². The van der Waals surface area contributed by atoms with Crippen LogP contribution in [0.4, 0.5) is 0 Å². The predicted octanol–water partition coefficient (Wildman–Crippen LogP) is 0.645. The van der Waals surface area contributed by atoms with E-state index in [1.165, 1.54) is 0 Å². The van der Waals surface area contributed by atoms with E-state index < -0.39 is 12.2 Å². The lowest BCUT2D eigenvalue weighted by Crippen LogP contribution is -2.36. The molecule has 0 aromatic carbocycles.